The lowest BCUT2D eigenvalue weighted by Gasteiger charge is -2.10. The Balaban J connectivity index is 2.16. The average molecular weight is 306 g/mol. The molecule has 2 rings (SSSR count). The molecule has 0 fully saturated rings. The van der Waals surface area contributed by atoms with E-state index >= 15 is 0 Å². The first-order chi connectivity index (χ1) is 9.97. The van der Waals surface area contributed by atoms with Gasteiger partial charge >= 0.3 is 0 Å². The molecular weight excluding hydrogens is 292 g/mol. The van der Waals surface area contributed by atoms with Crippen LogP contribution < -0.4 is 15.2 Å². The Morgan fingerprint density at radius 3 is 2.48 bits per heavy atom. The second kappa shape index (κ2) is 6.27. The largest absolute Gasteiger partial charge is 0.484 e. The molecule has 2 aromatic rings. The van der Waals surface area contributed by atoms with E-state index < -0.39 is 15.9 Å². The van der Waals surface area contributed by atoms with Crippen LogP contribution >= 0.6 is 0 Å². The van der Waals surface area contributed by atoms with Gasteiger partial charge in [0.2, 0.25) is 0 Å². The molecule has 0 spiro atoms. The van der Waals surface area contributed by atoms with Crippen molar-refractivity contribution in [3.63, 3.8) is 0 Å². The smallest absolute Gasteiger partial charge is 0.261 e. The highest BCUT2D eigenvalue weighted by Gasteiger charge is 2.13. The summed E-state index contributed by atoms with van der Waals surface area (Å²) in [5.41, 5.74) is 5.31. The van der Waals surface area contributed by atoms with Gasteiger partial charge in [0.05, 0.1) is 10.6 Å². The van der Waals surface area contributed by atoms with E-state index in [4.69, 9.17) is 10.5 Å². The molecule has 7 heteroatoms. The van der Waals surface area contributed by atoms with Gasteiger partial charge in [-0.1, -0.05) is 24.3 Å². The van der Waals surface area contributed by atoms with Gasteiger partial charge in [-0.05, 0) is 24.3 Å². The molecule has 1 amide bonds. The van der Waals surface area contributed by atoms with Crippen LogP contribution in [0.5, 0.6) is 5.75 Å². The van der Waals surface area contributed by atoms with Crippen molar-refractivity contribution in [3.05, 3.63) is 54.6 Å². The third kappa shape index (κ3) is 4.22. The van der Waals surface area contributed by atoms with Gasteiger partial charge in [0.15, 0.2) is 6.61 Å². The molecule has 0 saturated carbocycles. The summed E-state index contributed by atoms with van der Waals surface area (Å²) >= 11 is 0. The molecule has 0 bridgehead atoms. The highest BCUT2D eigenvalue weighted by Crippen LogP contribution is 2.20. The van der Waals surface area contributed by atoms with Gasteiger partial charge < -0.3 is 10.5 Å². The topological polar surface area (TPSA) is 98.5 Å². The first kappa shape index (κ1) is 14.9. The zero-order valence-corrected chi connectivity index (χ0v) is 11.8. The monoisotopic (exact) mass is 306 g/mol. The number of ether oxygens (including phenoxy) is 1. The molecule has 0 aliphatic rings. The molecule has 0 unspecified atom stereocenters. The second-order valence-electron chi connectivity index (χ2n) is 4.20. The number of carbonyl (C=O) groups excluding carboxylic acids is 1. The Labute approximate surface area is 122 Å². The number of sulfonamides is 1. The molecule has 0 aromatic heterocycles. The Morgan fingerprint density at radius 1 is 1.10 bits per heavy atom. The molecule has 0 radical (unpaired) electrons. The van der Waals surface area contributed by atoms with E-state index in [2.05, 4.69) is 4.72 Å². The van der Waals surface area contributed by atoms with Crippen LogP contribution in [0, 0.1) is 0 Å². The number of anilines is 1. The molecule has 0 atom stereocenters. The predicted octanol–water partition coefficient (Wildman–Crippen LogP) is 1.35. The van der Waals surface area contributed by atoms with Crippen LogP contribution in [0.1, 0.15) is 0 Å². The molecule has 2 aromatic carbocycles. The van der Waals surface area contributed by atoms with Gasteiger partial charge in [-0.3, -0.25) is 9.52 Å². The van der Waals surface area contributed by atoms with E-state index in [9.17, 15) is 13.2 Å². The molecule has 0 aliphatic carbocycles. The fraction of sp³-hybridized carbons (Fsp3) is 0.0714. The van der Waals surface area contributed by atoms with E-state index in [1.165, 1.54) is 18.2 Å². The number of hydrogen-bond acceptors (Lipinski definition) is 4. The maximum Gasteiger partial charge on any atom is 0.261 e. The molecule has 6 nitrogen and oxygen atoms in total. The van der Waals surface area contributed by atoms with Crippen LogP contribution in [0.4, 0.5) is 5.69 Å². The highest BCUT2D eigenvalue weighted by atomic mass is 32.2. The van der Waals surface area contributed by atoms with Crippen LogP contribution in [0.25, 0.3) is 0 Å². The lowest BCUT2D eigenvalue weighted by atomic mass is 10.3. The van der Waals surface area contributed by atoms with Crippen LogP contribution in [0.2, 0.25) is 0 Å². The Bertz CT molecular complexity index is 730. The summed E-state index contributed by atoms with van der Waals surface area (Å²) in [5.74, 6) is -0.257. The molecule has 0 aliphatic heterocycles. The van der Waals surface area contributed by atoms with E-state index in [0.29, 0.717) is 11.4 Å². The Morgan fingerprint density at radius 2 is 1.81 bits per heavy atom. The van der Waals surface area contributed by atoms with Crippen LogP contribution in [-0.2, 0) is 14.8 Å². The molecule has 0 saturated heterocycles. The number of rotatable bonds is 6. The standard InChI is InChI=1S/C14H14N2O4S/c15-14(17)10-20-12-6-4-5-11(9-12)16-21(18,19)13-7-2-1-3-8-13/h1-9,16H,10H2,(H2,15,17). The van der Waals surface area contributed by atoms with Gasteiger partial charge in [-0.25, -0.2) is 8.42 Å². The van der Waals surface area contributed by atoms with Crippen molar-refractivity contribution in [3.8, 4) is 5.75 Å². The van der Waals surface area contributed by atoms with Gasteiger partial charge in [-0.2, -0.15) is 0 Å². The Hall–Kier alpha value is -2.54. The molecule has 3 N–H and O–H groups in total. The number of hydrogen-bond donors (Lipinski definition) is 2. The van der Waals surface area contributed by atoms with Crippen molar-refractivity contribution in [2.24, 2.45) is 5.73 Å². The van der Waals surface area contributed by atoms with Crippen molar-refractivity contribution in [1.82, 2.24) is 0 Å². The van der Waals surface area contributed by atoms with Crippen molar-refractivity contribution >= 4 is 21.6 Å². The SMILES string of the molecule is NC(=O)COc1cccc(NS(=O)(=O)c2ccccc2)c1. The summed E-state index contributed by atoms with van der Waals surface area (Å²) in [6.45, 7) is -0.269. The van der Waals surface area contributed by atoms with Gasteiger partial charge in [-0.15, -0.1) is 0 Å². The second-order valence-corrected chi connectivity index (χ2v) is 5.88. The number of carbonyl (C=O) groups is 1. The number of amides is 1. The van der Waals surface area contributed by atoms with Crippen LogP contribution in [-0.4, -0.2) is 20.9 Å². The molecule has 21 heavy (non-hydrogen) atoms. The summed E-state index contributed by atoms with van der Waals surface area (Å²) in [5, 5.41) is 0. The first-order valence-corrected chi connectivity index (χ1v) is 7.55. The summed E-state index contributed by atoms with van der Waals surface area (Å²) in [7, 11) is -3.66. The van der Waals surface area contributed by atoms with Crippen molar-refractivity contribution in [2.45, 2.75) is 4.90 Å². The van der Waals surface area contributed by atoms with Gasteiger partial charge in [0.1, 0.15) is 5.75 Å². The van der Waals surface area contributed by atoms with Gasteiger partial charge in [0, 0.05) is 6.07 Å². The van der Waals surface area contributed by atoms with E-state index in [1.54, 1.807) is 36.4 Å². The zero-order valence-electron chi connectivity index (χ0n) is 11.0. The third-order valence-electron chi connectivity index (χ3n) is 2.52. The fourth-order valence-corrected chi connectivity index (χ4v) is 2.69. The molecule has 110 valence electrons. The normalized spacial score (nSPS) is 10.9. The quantitative estimate of drug-likeness (QED) is 0.841. The summed E-state index contributed by atoms with van der Waals surface area (Å²) < 4.78 is 31.9. The first-order valence-electron chi connectivity index (χ1n) is 6.06. The minimum atomic E-state index is -3.66. The minimum Gasteiger partial charge on any atom is -0.484 e. The van der Waals surface area contributed by atoms with Crippen molar-refractivity contribution in [1.29, 1.82) is 0 Å². The van der Waals surface area contributed by atoms with Crippen molar-refractivity contribution in [2.75, 3.05) is 11.3 Å². The van der Waals surface area contributed by atoms with Gasteiger partial charge in [0.25, 0.3) is 15.9 Å². The zero-order chi connectivity index (χ0) is 15.3. The lowest BCUT2D eigenvalue weighted by Crippen LogP contribution is -2.20. The van der Waals surface area contributed by atoms with Crippen LogP contribution in [0.3, 0.4) is 0 Å². The fourth-order valence-electron chi connectivity index (χ4n) is 1.62. The maximum atomic E-state index is 12.2. The number of benzene rings is 2. The van der Waals surface area contributed by atoms with E-state index in [1.807, 2.05) is 0 Å². The number of primary amides is 1. The minimum absolute atomic E-state index is 0.161. The summed E-state index contributed by atoms with van der Waals surface area (Å²) in [6, 6.07) is 14.3. The number of nitrogens with one attached hydrogen (secondary N) is 1. The average Bonchev–Trinajstić information content (AvgIpc) is 2.46. The predicted molar refractivity (Wildman–Crippen MR) is 78.4 cm³/mol. The summed E-state index contributed by atoms with van der Waals surface area (Å²) in [6.07, 6.45) is 0. The molecular formula is C14H14N2O4S. The lowest BCUT2D eigenvalue weighted by molar-refractivity contribution is -0.119. The van der Waals surface area contributed by atoms with Crippen LogP contribution in [0.15, 0.2) is 59.5 Å². The van der Waals surface area contributed by atoms with E-state index in [0.717, 1.165) is 0 Å². The number of nitrogens with two attached hydrogens (primary N) is 1. The summed E-state index contributed by atoms with van der Waals surface area (Å²) in [4.78, 5) is 10.8. The highest BCUT2D eigenvalue weighted by molar-refractivity contribution is 7.92. The Kier molecular flexibility index (Phi) is 4.44. The van der Waals surface area contributed by atoms with Crippen molar-refractivity contribution < 1.29 is 17.9 Å². The maximum absolute atomic E-state index is 12.2. The molecule has 0 heterocycles. The van der Waals surface area contributed by atoms with E-state index in [-0.39, 0.29) is 11.5 Å². The third-order valence-corrected chi connectivity index (χ3v) is 3.92.